The van der Waals surface area contributed by atoms with Crippen molar-refractivity contribution in [2.75, 3.05) is 36.0 Å². The summed E-state index contributed by atoms with van der Waals surface area (Å²) < 4.78 is 22.1. The molecule has 172 valence electrons. The molecule has 2 aliphatic heterocycles. The standard InChI is InChI=1S/C21H27FN6O4/c1-21(2,3)18-13-25(8-9-27(18)19(29)30)17-5-4-14(10-16(17)22)28-12-15(32-20(28)31)11-26-7-6-23-24-26/h4-7,10,15,18H,8-9,11-13H2,1-3H3,(H,29,30)/t15-,18?/m0/s1. The summed E-state index contributed by atoms with van der Waals surface area (Å²) in [4.78, 5) is 28.7. The summed E-state index contributed by atoms with van der Waals surface area (Å²) in [7, 11) is 0. The fourth-order valence-corrected chi connectivity index (χ4v) is 4.26. The van der Waals surface area contributed by atoms with Gasteiger partial charge in [0.15, 0.2) is 0 Å². The van der Waals surface area contributed by atoms with Crippen LogP contribution >= 0.6 is 0 Å². The lowest BCUT2D eigenvalue weighted by Gasteiger charge is -2.46. The van der Waals surface area contributed by atoms with Gasteiger partial charge in [0, 0.05) is 25.8 Å². The fraction of sp³-hybridized carbons (Fsp3) is 0.524. The summed E-state index contributed by atoms with van der Waals surface area (Å²) in [6.07, 6.45) is 1.31. The van der Waals surface area contributed by atoms with Gasteiger partial charge in [-0.25, -0.2) is 18.7 Å². The van der Waals surface area contributed by atoms with E-state index < -0.39 is 24.1 Å². The monoisotopic (exact) mass is 446 g/mol. The highest BCUT2D eigenvalue weighted by atomic mass is 19.1. The maximum Gasteiger partial charge on any atom is 0.414 e. The Morgan fingerprint density at radius 3 is 2.69 bits per heavy atom. The van der Waals surface area contributed by atoms with E-state index >= 15 is 4.39 Å². The molecule has 2 aliphatic rings. The van der Waals surface area contributed by atoms with Crippen LogP contribution < -0.4 is 9.80 Å². The van der Waals surface area contributed by atoms with Crippen molar-refractivity contribution in [1.29, 1.82) is 0 Å². The van der Waals surface area contributed by atoms with Crippen molar-refractivity contribution in [3.05, 3.63) is 36.4 Å². The highest BCUT2D eigenvalue weighted by Gasteiger charge is 2.39. The van der Waals surface area contributed by atoms with Gasteiger partial charge in [0.1, 0.15) is 11.9 Å². The number of carboxylic acid groups (broad SMARTS) is 1. The molecule has 10 nitrogen and oxygen atoms in total. The van der Waals surface area contributed by atoms with E-state index in [1.165, 1.54) is 15.9 Å². The molecule has 0 spiro atoms. The van der Waals surface area contributed by atoms with E-state index in [4.69, 9.17) is 4.74 Å². The molecule has 0 aliphatic carbocycles. The van der Waals surface area contributed by atoms with Gasteiger partial charge in [0.2, 0.25) is 0 Å². The zero-order valence-corrected chi connectivity index (χ0v) is 18.3. The number of aromatic nitrogens is 3. The predicted molar refractivity (Wildman–Crippen MR) is 114 cm³/mol. The van der Waals surface area contributed by atoms with Crippen LogP contribution in [0.3, 0.4) is 0 Å². The second kappa shape index (κ2) is 8.29. The molecule has 2 atom stereocenters. The molecular formula is C21H27FN6O4. The fourth-order valence-electron chi connectivity index (χ4n) is 4.26. The number of rotatable bonds is 4. The third kappa shape index (κ3) is 4.32. The van der Waals surface area contributed by atoms with Crippen molar-refractivity contribution in [1.82, 2.24) is 19.9 Å². The molecule has 2 fully saturated rings. The second-order valence-electron chi connectivity index (χ2n) is 9.18. The highest BCUT2D eigenvalue weighted by Crippen LogP contribution is 2.33. The first kappa shape index (κ1) is 21.8. The zero-order valence-electron chi connectivity index (χ0n) is 18.3. The molecule has 1 unspecified atom stereocenters. The first-order valence-corrected chi connectivity index (χ1v) is 10.5. The number of carbonyl (C=O) groups is 2. The Kier molecular flexibility index (Phi) is 5.66. The molecule has 1 aromatic carbocycles. The number of cyclic esters (lactones) is 1. The van der Waals surface area contributed by atoms with E-state index in [-0.39, 0.29) is 18.0 Å². The molecule has 3 heterocycles. The summed E-state index contributed by atoms with van der Waals surface area (Å²) in [5.74, 6) is -0.466. The Balaban J connectivity index is 1.49. The van der Waals surface area contributed by atoms with Crippen molar-refractivity contribution < 1.29 is 23.8 Å². The normalized spacial score (nSPS) is 21.8. The highest BCUT2D eigenvalue weighted by molar-refractivity contribution is 5.90. The summed E-state index contributed by atoms with van der Waals surface area (Å²) in [5, 5.41) is 17.1. The van der Waals surface area contributed by atoms with E-state index in [9.17, 15) is 14.7 Å². The minimum absolute atomic E-state index is 0.279. The molecular weight excluding hydrogens is 419 g/mol. The lowest BCUT2D eigenvalue weighted by atomic mass is 9.84. The number of anilines is 2. The van der Waals surface area contributed by atoms with E-state index in [1.807, 2.05) is 25.7 Å². The molecule has 32 heavy (non-hydrogen) atoms. The van der Waals surface area contributed by atoms with Crippen LogP contribution in [-0.4, -0.2) is 75.5 Å². The summed E-state index contributed by atoms with van der Waals surface area (Å²) in [6, 6.07) is 4.37. The summed E-state index contributed by atoms with van der Waals surface area (Å²) >= 11 is 0. The smallest absolute Gasteiger partial charge is 0.414 e. The molecule has 1 N–H and O–H groups in total. The van der Waals surface area contributed by atoms with Crippen LogP contribution in [0.5, 0.6) is 0 Å². The Hall–Kier alpha value is -3.37. The lowest BCUT2D eigenvalue weighted by Crippen LogP contribution is -2.59. The van der Waals surface area contributed by atoms with Gasteiger partial charge in [-0.05, 0) is 23.6 Å². The van der Waals surface area contributed by atoms with Crippen LogP contribution in [-0.2, 0) is 11.3 Å². The van der Waals surface area contributed by atoms with Gasteiger partial charge in [0.05, 0.1) is 36.7 Å². The van der Waals surface area contributed by atoms with E-state index in [0.29, 0.717) is 37.6 Å². The van der Waals surface area contributed by atoms with E-state index in [0.717, 1.165) is 0 Å². The van der Waals surface area contributed by atoms with Gasteiger partial charge in [-0.2, -0.15) is 0 Å². The van der Waals surface area contributed by atoms with Crippen molar-refractivity contribution in [3.8, 4) is 0 Å². The zero-order chi connectivity index (χ0) is 23.0. The van der Waals surface area contributed by atoms with Crippen molar-refractivity contribution in [2.45, 2.75) is 39.5 Å². The first-order chi connectivity index (χ1) is 15.1. The van der Waals surface area contributed by atoms with Gasteiger partial charge in [-0.15, -0.1) is 5.10 Å². The van der Waals surface area contributed by atoms with Gasteiger partial charge in [0.25, 0.3) is 0 Å². The van der Waals surface area contributed by atoms with Crippen LogP contribution in [0.1, 0.15) is 20.8 Å². The Labute approximate surface area is 185 Å². The number of halogens is 1. The summed E-state index contributed by atoms with van der Waals surface area (Å²) in [6.45, 7) is 7.65. The van der Waals surface area contributed by atoms with Crippen LogP contribution in [0.2, 0.25) is 0 Å². The number of benzene rings is 1. The van der Waals surface area contributed by atoms with Crippen molar-refractivity contribution >= 4 is 23.6 Å². The number of piperazine rings is 1. The van der Waals surface area contributed by atoms with Crippen molar-refractivity contribution in [2.24, 2.45) is 5.41 Å². The number of hydrogen-bond donors (Lipinski definition) is 1. The first-order valence-electron chi connectivity index (χ1n) is 10.5. The van der Waals surface area contributed by atoms with Crippen LogP contribution in [0.25, 0.3) is 0 Å². The Morgan fingerprint density at radius 2 is 2.06 bits per heavy atom. The molecule has 0 radical (unpaired) electrons. The quantitative estimate of drug-likeness (QED) is 0.770. The number of amides is 2. The number of hydrogen-bond acceptors (Lipinski definition) is 6. The third-order valence-electron chi connectivity index (χ3n) is 5.95. The summed E-state index contributed by atoms with van der Waals surface area (Å²) in [5.41, 5.74) is 0.500. The van der Waals surface area contributed by atoms with E-state index in [1.54, 1.807) is 29.2 Å². The second-order valence-corrected chi connectivity index (χ2v) is 9.18. The number of nitrogens with zero attached hydrogens (tertiary/aromatic N) is 6. The maximum atomic E-state index is 15.1. The average Bonchev–Trinajstić information content (AvgIpc) is 3.36. The molecule has 2 amide bonds. The van der Waals surface area contributed by atoms with Gasteiger partial charge < -0.3 is 19.6 Å². The minimum Gasteiger partial charge on any atom is -0.465 e. The molecule has 4 rings (SSSR count). The molecule has 11 heteroatoms. The van der Waals surface area contributed by atoms with Gasteiger partial charge in [-0.1, -0.05) is 26.0 Å². The van der Waals surface area contributed by atoms with Crippen LogP contribution in [0, 0.1) is 11.2 Å². The molecule has 1 aromatic heterocycles. The SMILES string of the molecule is CC(C)(C)C1CN(c2ccc(N3C[C@H](Cn4ccnn4)OC3=O)cc2F)CCN1C(=O)O. The molecule has 0 saturated carbocycles. The average molecular weight is 446 g/mol. The third-order valence-corrected chi connectivity index (χ3v) is 5.95. The topological polar surface area (TPSA) is 104 Å². The molecule has 2 saturated heterocycles. The van der Waals surface area contributed by atoms with Crippen LogP contribution in [0.4, 0.5) is 25.4 Å². The van der Waals surface area contributed by atoms with E-state index in [2.05, 4.69) is 10.3 Å². The minimum atomic E-state index is -0.964. The largest absolute Gasteiger partial charge is 0.465 e. The lowest BCUT2D eigenvalue weighted by molar-refractivity contribution is 0.0747. The Bertz CT molecular complexity index is 993. The van der Waals surface area contributed by atoms with Crippen LogP contribution in [0.15, 0.2) is 30.6 Å². The number of ether oxygens (including phenoxy) is 1. The Morgan fingerprint density at radius 1 is 1.28 bits per heavy atom. The maximum absolute atomic E-state index is 15.1. The van der Waals surface area contributed by atoms with Gasteiger partial charge >= 0.3 is 12.2 Å². The van der Waals surface area contributed by atoms with Gasteiger partial charge in [-0.3, -0.25) is 4.90 Å². The number of carbonyl (C=O) groups excluding carboxylic acids is 1. The predicted octanol–water partition coefficient (Wildman–Crippen LogP) is 2.66. The van der Waals surface area contributed by atoms with Crippen molar-refractivity contribution in [3.63, 3.8) is 0 Å². The molecule has 0 bridgehead atoms. The molecule has 2 aromatic rings.